The van der Waals surface area contributed by atoms with Gasteiger partial charge in [0.05, 0.1) is 12.9 Å². The van der Waals surface area contributed by atoms with Crippen LogP contribution in [-0.4, -0.2) is 59.6 Å². The lowest BCUT2D eigenvalue weighted by Gasteiger charge is -2.17. The molecule has 0 aliphatic carbocycles. The van der Waals surface area contributed by atoms with Crippen molar-refractivity contribution in [2.45, 2.75) is 6.42 Å². The number of hydrogen-bond donors (Lipinski definition) is 3. The summed E-state index contributed by atoms with van der Waals surface area (Å²) in [7, 11) is 3.70. The number of carbonyl (C=O) groups excluding carboxylic acids is 1. The maximum Gasteiger partial charge on any atom is 0.239 e. The van der Waals surface area contributed by atoms with Crippen LogP contribution >= 0.6 is 24.8 Å². The summed E-state index contributed by atoms with van der Waals surface area (Å²) in [6, 6.07) is 0. The summed E-state index contributed by atoms with van der Waals surface area (Å²) >= 11 is 0. The third kappa shape index (κ3) is 5.28. The van der Waals surface area contributed by atoms with Crippen molar-refractivity contribution in [3.05, 3.63) is 12.7 Å². The maximum atomic E-state index is 11.8. The third-order valence-electron chi connectivity index (χ3n) is 2.87. The number of nitrogens with one attached hydrogen (secondary N) is 3. The summed E-state index contributed by atoms with van der Waals surface area (Å²) in [6.07, 6.45) is 3.92. The highest BCUT2D eigenvalue weighted by atomic mass is 35.5. The minimum absolute atomic E-state index is 0. The predicted octanol–water partition coefficient (Wildman–Crippen LogP) is 0.358. The summed E-state index contributed by atoms with van der Waals surface area (Å²) in [4.78, 5) is 28.9. The quantitative estimate of drug-likeness (QED) is 0.624. The topological polar surface area (TPSA) is 98.8 Å². The molecule has 0 aliphatic rings. The minimum atomic E-state index is -0.0325. The number of rotatable bonds is 7. The molecule has 0 aliphatic heterocycles. The van der Waals surface area contributed by atoms with E-state index in [0.29, 0.717) is 18.0 Å². The highest BCUT2D eigenvalue weighted by Gasteiger charge is 2.13. The Kier molecular flexibility index (Phi) is 9.39. The fourth-order valence-electron chi connectivity index (χ4n) is 1.88. The predicted molar refractivity (Wildman–Crippen MR) is 91.0 cm³/mol. The summed E-state index contributed by atoms with van der Waals surface area (Å²) in [5.74, 6) is 0.632. The van der Waals surface area contributed by atoms with Gasteiger partial charge in [0.2, 0.25) is 5.91 Å². The molecular weight excluding hydrogens is 329 g/mol. The highest BCUT2D eigenvalue weighted by Crippen LogP contribution is 2.17. The zero-order chi connectivity index (χ0) is 14.4. The van der Waals surface area contributed by atoms with Crippen LogP contribution in [0.3, 0.4) is 0 Å². The van der Waals surface area contributed by atoms with Crippen molar-refractivity contribution in [3.63, 3.8) is 0 Å². The molecule has 124 valence electrons. The first-order chi connectivity index (χ1) is 9.72. The van der Waals surface area contributed by atoms with Crippen LogP contribution in [0.25, 0.3) is 11.2 Å². The van der Waals surface area contributed by atoms with Gasteiger partial charge >= 0.3 is 0 Å². The van der Waals surface area contributed by atoms with Gasteiger partial charge in [-0.1, -0.05) is 0 Å². The van der Waals surface area contributed by atoms with Gasteiger partial charge in [0.15, 0.2) is 11.5 Å². The molecule has 2 heterocycles. The summed E-state index contributed by atoms with van der Waals surface area (Å²) in [6.45, 7) is 1.79. The molecule has 2 aromatic heterocycles. The first-order valence-electron chi connectivity index (χ1n) is 6.49. The van der Waals surface area contributed by atoms with Gasteiger partial charge in [-0.05, 0) is 20.0 Å². The minimum Gasteiger partial charge on any atom is -0.355 e. The molecule has 2 aromatic rings. The number of aromatic amines is 1. The molecule has 0 unspecified atom stereocenters. The van der Waals surface area contributed by atoms with Gasteiger partial charge in [-0.15, -0.1) is 24.8 Å². The number of aromatic nitrogens is 4. The average Bonchev–Trinajstić information content (AvgIpc) is 2.91. The van der Waals surface area contributed by atoms with Gasteiger partial charge in [-0.3, -0.25) is 4.79 Å². The lowest BCUT2D eigenvalue weighted by molar-refractivity contribution is -0.119. The van der Waals surface area contributed by atoms with Crippen LogP contribution < -0.4 is 15.5 Å². The van der Waals surface area contributed by atoms with E-state index in [-0.39, 0.29) is 37.3 Å². The Bertz CT molecular complexity index is 577. The molecule has 0 fully saturated rings. The number of amides is 1. The molecule has 0 atom stereocenters. The van der Waals surface area contributed by atoms with Crippen molar-refractivity contribution in [1.29, 1.82) is 0 Å². The van der Waals surface area contributed by atoms with E-state index in [0.717, 1.165) is 18.5 Å². The Balaban J connectivity index is 0.00000220. The standard InChI is InChI=1S/C12H19N7O.2ClH/c1-13-4-3-5-14-9(20)6-19(2)12-10-11(16-7-15-10)17-8-18-12;;/h7-8,13H,3-6H2,1-2H3,(H,14,20)(H,15,16,17,18);2*1H. The van der Waals surface area contributed by atoms with Crippen molar-refractivity contribution in [3.8, 4) is 0 Å². The van der Waals surface area contributed by atoms with Gasteiger partial charge in [0.1, 0.15) is 11.8 Å². The van der Waals surface area contributed by atoms with Crippen LogP contribution in [0.2, 0.25) is 0 Å². The van der Waals surface area contributed by atoms with E-state index in [1.54, 1.807) is 11.2 Å². The van der Waals surface area contributed by atoms with E-state index < -0.39 is 0 Å². The second-order valence-electron chi connectivity index (χ2n) is 4.46. The summed E-state index contributed by atoms with van der Waals surface area (Å²) in [5, 5.41) is 5.91. The average molecular weight is 350 g/mol. The molecule has 8 nitrogen and oxygen atoms in total. The monoisotopic (exact) mass is 349 g/mol. The molecular formula is C12H21Cl2N7O. The number of carbonyl (C=O) groups is 1. The smallest absolute Gasteiger partial charge is 0.239 e. The van der Waals surface area contributed by atoms with E-state index in [1.165, 1.54) is 6.33 Å². The second-order valence-corrected chi connectivity index (χ2v) is 4.46. The first-order valence-corrected chi connectivity index (χ1v) is 6.49. The normalized spacial score (nSPS) is 9.73. The molecule has 1 amide bonds. The Morgan fingerprint density at radius 3 is 2.77 bits per heavy atom. The van der Waals surface area contributed by atoms with Crippen molar-refractivity contribution in [2.24, 2.45) is 0 Å². The van der Waals surface area contributed by atoms with E-state index in [4.69, 9.17) is 0 Å². The number of halogens is 2. The Morgan fingerprint density at radius 1 is 1.27 bits per heavy atom. The fraction of sp³-hybridized carbons (Fsp3) is 0.500. The lowest BCUT2D eigenvalue weighted by Crippen LogP contribution is -2.36. The highest BCUT2D eigenvalue weighted by molar-refractivity contribution is 5.87. The number of H-pyrrole nitrogens is 1. The largest absolute Gasteiger partial charge is 0.355 e. The van der Waals surface area contributed by atoms with Crippen molar-refractivity contribution >= 4 is 47.7 Å². The van der Waals surface area contributed by atoms with E-state index >= 15 is 0 Å². The van der Waals surface area contributed by atoms with Crippen molar-refractivity contribution < 1.29 is 4.79 Å². The molecule has 22 heavy (non-hydrogen) atoms. The van der Waals surface area contributed by atoms with Crippen LogP contribution in [0.15, 0.2) is 12.7 Å². The fourth-order valence-corrected chi connectivity index (χ4v) is 1.88. The van der Waals surface area contributed by atoms with Gasteiger partial charge in [-0.25, -0.2) is 15.0 Å². The molecule has 0 radical (unpaired) electrons. The van der Waals surface area contributed by atoms with Crippen LogP contribution in [0, 0.1) is 0 Å². The number of hydrogen-bond acceptors (Lipinski definition) is 6. The van der Waals surface area contributed by atoms with Crippen molar-refractivity contribution in [1.82, 2.24) is 30.6 Å². The molecule has 2 rings (SSSR count). The van der Waals surface area contributed by atoms with E-state index in [9.17, 15) is 4.79 Å². The molecule has 10 heteroatoms. The second kappa shape index (κ2) is 10.1. The number of fused-ring (bicyclic) bond motifs is 1. The number of anilines is 1. The Labute approximate surface area is 141 Å². The van der Waals surface area contributed by atoms with Gasteiger partial charge in [0.25, 0.3) is 0 Å². The maximum absolute atomic E-state index is 11.8. The zero-order valence-electron chi connectivity index (χ0n) is 12.5. The summed E-state index contributed by atoms with van der Waals surface area (Å²) < 4.78 is 0. The zero-order valence-corrected chi connectivity index (χ0v) is 14.1. The van der Waals surface area contributed by atoms with Crippen LogP contribution in [-0.2, 0) is 4.79 Å². The Hall–Kier alpha value is -1.64. The molecule has 0 spiro atoms. The third-order valence-corrected chi connectivity index (χ3v) is 2.87. The summed E-state index contributed by atoms with van der Waals surface area (Å²) in [5.41, 5.74) is 1.33. The van der Waals surface area contributed by atoms with Gasteiger partial charge in [0, 0.05) is 13.6 Å². The van der Waals surface area contributed by atoms with Gasteiger partial charge < -0.3 is 20.5 Å². The SMILES string of the molecule is CNCCCNC(=O)CN(C)c1ncnc2nc[nH]c12.Cl.Cl. The molecule has 0 aromatic carbocycles. The van der Waals surface area contributed by atoms with Crippen LogP contribution in [0.5, 0.6) is 0 Å². The van der Waals surface area contributed by atoms with Crippen molar-refractivity contribution in [2.75, 3.05) is 38.6 Å². The molecule has 0 saturated heterocycles. The molecule has 0 saturated carbocycles. The van der Waals surface area contributed by atoms with Crippen LogP contribution in [0.1, 0.15) is 6.42 Å². The van der Waals surface area contributed by atoms with E-state index in [1.807, 2.05) is 14.1 Å². The van der Waals surface area contributed by atoms with Crippen LogP contribution in [0.4, 0.5) is 5.82 Å². The Morgan fingerprint density at radius 2 is 2.05 bits per heavy atom. The number of likely N-dealkylation sites (N-methyl/N-ethyl adjacent to an activating group) is 1. The lowest BCUT2D eigenvalue weighted by atomic mass is 10.4. The molecule has 3 N–H and O–H groups in total. The first kappa shape index (κ1) is 20.4. The number of nitrogens with zero attached hydrogens (tertiary/aromatic N) is 4. The van der Waals surface area contributed by atoms with Gasteiger partial charge in [-0.2, -0.15) is 0 Å². The number of imidazole rings is 1. The van der Waals surface area contributed by atoms with E-state index in [2.05, 4.69) is 30.6 Å². The molecule has 0 bridgehead atoms.